The molecule has 0 heterocycles. The van der Waals surface area contributed by atoms with E-state index in [0.717, 1.165) is 4.90 Å². The Morgan fingerprint density at radius 1 is 0.688 bits per heavy atom. The van der Waals surface area contributed by atoms with Gasteiger partial charge in [0.2, 0.25) is 11.8 Å². The second-order valence-corrected chi connectivity index (χ2v) is 11.7. The Labute approximate surface area is 283 Å². The lowest BCUT2D eigenvalue weighted by Crippen LogP contribution is -2.30. The van der Waals surface area contributed by atoms with Crippen molar-refractivity contribution in [3.8, 4) is 17.2 Å². The molecule has 0 bridgehead atoms. The lowest BCUT2D eigenvalue weighted by Gasteiger charge is -2.15. The Morgan fingerprint density at radius 3 is 1.94 bits per heavy atom. The van der Waals surface area contributed by atoms with E-state index in [1.807, 2.05) is 6.07 Å². The zero-order valence-corrected chi connectivity index (χ0v) is 27.9. The Balaban J connectivity index is 1.53. The van der Waals surface area contributed by atoms with E-state index < -0.39 is 17.1 Å². The van der Waals surface area contributed by atoms with Gasteiger partial charge in [-0.05, 0) is 73.7 Å². The van der Waals surface area contributed by atoms with Gasteiger partial charge in [-0.1, -0.05) is 24.3 Å². The third-order valence-corrected chi connectivity index (χ3v) is 7.91. The quantitative estimate of drug-likeness (QED) is 0.0974. The summed E-state index contributed by atoms with van der Waals surface area (Å²) in [6.45, 7) is 3.19. The maximum Gasteiger partial charge on any atom is 0.272 e. The molecule has 12 heteroatoms. The van der Waals surface area contributed by atoms with E-state index in [2.05, 4.69) is 21.3 Å². The van der Waals surface area contributed by atoms with E-state index in [-0.39, 0.29) is 17.5 Å². The normalized spacial score (nSPS) is 11.5. The first-order chi connectivity index (χ1) is 23.1. The molecule has 0 spiro atoms. The molecule has 4 rings (SSSR count). The molecule has 4 amide bonds. The fourth-order valence-electron chi connectivity index (χ4n) is 4.45. The van der Waals surface area contributed by atoms with E-state index in [1.165, 1.54) is 46.1 Å². The lowest BCUT2D eigenvalue weighted by atomic mass is 10.1. The maximum atomic E-state index is 13.7. The molecule has 1 unspecified atom stereocenters. The van der Waals surface area contributed by atoms with Gasteiger partial charge in [-0.3, -0.25) is 19.2 Å². The predicted octanol–water partition coefficient (Wildman–Crippen LogP) is 6.20. The number of hydrogen-bond donors (Lipinski definition) is 4. The van der Waals surface area contributed by atoms with Gasteiger partial charge in [0, 0.05) is 46.1 Å². The lowest BCUT2D eigenvalue weighted by molar-refractivity contribution is -0.115. The molecule has 0 saturated heterocycles. The number of nitrogens with one attached hydrogen (secondary N) is 4. The Hall–Kier alpha value is -5.75. The molecule has 4 aromatic carbocycles. The number of carbonyl (C=O) groups is 4. The minimum atomic E-state index is -0.591. The van der Waals surface area contributed by atoms with E-state index in [9.17, 15) is 19.2 Å². The SMILES string of the molecule is COc1cc(OC)c(OC)cc1/C=C(/NC(=O)c1ccccc1)C(=O)Nc1cccc(SC(C)C(=O)Nc2ccc(NC(C)=O)cc2)c1. The average molecular weight is 669 g/mol. The second kappa shape index (κ2) is 16.7. The molecule has 248 valence electrons. The molecular formula is C36H36N4O7S. The fourth-order valence-corrected chi connectivity index (χ4v) is 5.38. The summed E-state index contributed by atoms with van der Waals surface area (Å²) in [7, 11) is 4.47. The van der Waals surface area contributed by atoms with Gasteiger partial charge in [-0.25, -0.2) is 0 Å². The molecule has 4 aromatic rings. The number of hydrogen-bond acceptors (Lipinski definition) is 8. The zero-order chi connectivity index (χ0) is 34.6. The van der Waals surface area contributed by atoms with E-state index in [4.69, 9.17) is 14.2 Å². The Bertz CT molecular complexity index is 1810. The van der Waals surface area contributed by atoms with Crippen LogP contribution in [-0.4, -0.2) is 50.2 Å². The predicted molar refractivity (Wildman–Crippen MR) is 188 cm³/mol. The van der Waals surface area contributed by atoms with Crippen molar-refractivity contribution in [3.05, 3.63) is 108 Å². The molecule has 0 radical (unpaired) electrons. The highest BCUT2D eigenvalue weighted by molar-refractivity contribution is 8.00. The monoisotopic (exact) mass is 668 g/mol. The van der Waals surface area contributed by atoms with Crippen molar-refractivity contribution >= 4 is 58.5 Å². The number of anilines is 3. The van der Waals surface area contributed by atoms with Crippen LogP contribution in [0.25, 0.3) is 6.08 Å². The Morgan fingerprint density at radius 2 is 1.31 bits per heavy atom. The highest BCUT2D eigenvalue weighted by Crippen LogP contribution is 2.36. The van der Waals surface area contributed by atoms with E-state index in [0.29, 0.717) is 45.4 Å². The number of rotatable bonds is 13. The third kappa shape index (κ3) is 9.63. The van der Waals surface area contributed by atoms with Crippen LogP contribution in [0.5, 0.6) is 17.2 Å². The highest BCUT2D eigenvalue weighted by atomic mass is 32.2. The van der Waals surface area contributed by atoms with Crippen LogP contribution in [0.15, 0.2) is 102 Å². The topological polar surface area (TPSA) is 144 Å². The van der Waals surface area contributed by atoms with Gasteiger partial charge in [0.1, 0.15) is 11.4 Å². The van der Waals surface area contributed by atoms with Crippen molar-refractivity contribution in [2.45, 2.75) is 24.0 Å². The third-order valence-electron chi connectivity index (χ3n) is 6.81. The number of carbonyl (C=O) groups excluding carboxylic acids is 4. The molecule has 48 heavy (non-hydrogen) atoms. The number of methoxy groups -OCH3 is 3. The fraction of sp³-hybridized carbons (Fsp3) is 0.167. The molecule has 0 fully saturated rings. The number of thioether (sulfide) groups is 1. The van der Waals surface area contributed by atoms with Gasteiger partial charge >= 0.3 is 0 Å². The van der Waals surface area contributed by atoms with Crippen molar-refractivity contribution in [1.29, 1.82) is 0 Å². The second-order valence-electron chi connectivity index (χ2n) is 10.3. The van der Waals surface area contributed by atoms with Crippen molar-refractivity contribution in [2.24, 2.45) is 0 Å². The molecule has 0 aromatic heterocycles. The first-order valence-corrected chi connectivity index (χ1v) is 15.6. The van der Waals surface area contributed by atoms with Crippen LogP contribution in [0.2, 0.25) is 0 Å². The van der Waals surface area contributed by atoms with Crippen molar-refractivity contribution < 1.29 is 33.4 Å². The smallest absolute Gasteiger partial charge is 0.272 e. The summed E-state index contributed by atoms with van der Waals surface area (Å²) in [5.41, 5.74) is 2.44. The molecule has 0 saturated carbocycles. The molecule has 4 N–H and O–H groups in total. The van der Waals surface area contributed by atoms with Crippen LogP contribution in [0.3, 0.4) is 0 Å². The molecule has 11 nitrogen and oxygen atoms in total. The zero-order valence-electron chi connectivity index (χ0n) is 27.1. The number of amides is 4. The van der Waals surface area contributed by atoms with Gasteiger partial charge in [-0.15, -0.1) is 11.8 Å². The molecular weight excluding hydrogens is 632 g/mol. The van der Waals surface area contributed by atoms with Gasteiger partial charge in [0.25, 0.3) is 11.8 Å². The van der Waals surface area contributed by atoms with Crippen LogP contribution in [0, 0.1) is 0 Å². The summed E-state index contributed by atoms with van der Waals surface area (Å²) >= 11 is 1.31. The van der Waals surface area contributed by atoms with Crippen molar-refractivity contribution in [3.63, 3.8) is 0 Å². The summed E-state index contributed by atoms with van der Waals surface area (Å²) in [4.78, 5) is 51.7. The molecule has 0 aliphatic heterocycles. The van der Waals surface area contributed by atoms with Gasteiger partial charge in [-0.2, -0.15) is 0 Å². The summed E-state index contributed by atoms with van der Waals surface area (Å²) in [5.74, 6) is -0.248. The standard InChI is InChI=1S/C36H36N4O7S/c1-22(34(42)38-27-16-14-26(15-17-27)37-23(2)41)48-29-13-9-12-28(20-29)39-36(44)30(40-35(43)24-10-7-6-8-11-24)18-25-19-32(46-4)33(47-5)21-31(25)45-3/h6-22H,1-5H3,(H,37,41)(H,38,42)(H,39,44)(H,40,43)/b30-18+. The summed E-state index contributed by atoms with van der Waals surface area (Å²) < 4.78 is 16.3. The van der Waals surface area contributed by atoms with Crippen LogP contribution in [0.4, 0.5) is 17.1 Å². The maximum absolute atomic E-state index is 13.7. The first-order valence-electron chi connectivity index (χ1n) is 14.7. The largest absolute Gasteiger partial charge is 0.496 e. The number of benzene rings is 4. The van der Waals surface area contributed by atoms with Crippen LogP contribution >= 0.6 is 11.8 Å². The minimum Gasteiger partial charge on any atom is -0.496 e. The van der Waals surface area contributed by atoms with Crippen molar-refractivity contribution in [1.82, 2.24) is 5.32 Å². The molecule has 1 atom stereocenters. The summed E-state index contributed by atoms with van der Waals surface area (Å²) in [5, 5.41) is 10.6. The van der Waals surface area contributed by atoms with Gasteiger partial charge in [0.15, 0.2) is 11.5 Å². The van der Waals surface area contributed by atoms with Gasteiger partial charge < -0.3 is 35.5 Å². The minimum absolute atomic E-state index is 0.0512. The summed E-state index contributed by atoms with van der Waals surface area (Å²) in [6, 6.07) is 25.6. The van der Waals surface area contributed by atoms with Gasteiger partial charge in [0.05, 0.1) is 26.6 Å². The highest BCUT2D eigenvalue weighted by Gasteiger charge is 2.19. The van der Waals surface area contributed by atoms with E-state index in [1.54, 1.807) is 91.9 Å². The molecule has 0 aliphatic rings. The van der Waals surface area contributed by atoms with Crippen LogP contribution in [0.1, 0.15) is 29.8 Å². The van der Waals surface area contributed by atoms with E-state index >= 15 is 0 Å². The first kappa shape index (κ1) is 35.1. The van der Waals surface area contributed by atoms with Crippen LogP contribution in [-0.2, 0) is 14.4 Å². The Kier molecular flexibility index (Phi) is 12.2. The van der Waals surface area contributed by atoms with Crippen LogP contribution < -0.4 is 35.5 Å². The molecule has 0 aliphatic carbocycles. The van der Waals surface area contributed by atoms with Crippen molar-refractivity contribution in [2.75, 3.05) is 37.3 Å². The average Bonchev–Trinajstić information content (AvgIpc) is 3.08. The summed E-state index contributed by atoms with van der Waals surface area (Å²) in [6.07, 6.45) is 1.49. The number of ether oxygens (including phenoxy) is 3.